The third-order valence-corrected chi connectivity index (χ3v) is 3.20. The summed E-state index contributed by atoms with van der Waals surface area (Å²) in [6, 6.07) is 13.7. The smallest absolute Gasteiger partial charge is 0.335 e. The zero-order chi connectivity index (χ0) is 16.2. The summed E-state index contributed by atoms with van der Waals surface area (Å²) in [5.74, 6) is 0.233. The van der Waals surface area contributed by atoms with Gasteiger partial charge in [0.1, 0.15) is 5.75 Å². The second-order valence-electron chi connectivity index (χ2n) is 4.73. The lowest BCUT2D eigenvalue weighted by molar-refractivity contribution is 0.0697. The highest BCUT2D eigenvalue weighted by Crippen LogP contribution is 2.31. The standard InChI is InChI=1S/C17H14N2O4/c1-2-22-14-9-4-3-8-13(14)16-19-18-15(23-16)11-6-5-7-12(10-11)17(20)21/h3-10H,2H2,1H3,(H,20,21). The van der Waals surface area contributed by atoms with Gasteiger partial charge in [0, 0.05) is 5.56 Å². The maximum Gasteiger partial charge on any atom is 0.335 e. The van der Waals surface area contributed by atoms with E-state index >= 15 is 0 Å². The molecular formula is C17H14N2O4. The van der Waals surface area contributed by atoms with Gasteiger partial charge in [-0.2, -0.15) is 0 Å². The van der Waals surface area contributed by atoms with Gasteiger partial charge in [0.25, 0.3) is 5.89 Å². The van der Waals surface area contributed by atoms with E-state index in [-0.39, 0.29) is 11.5 Å². The summed E-state index contributed by atoms with van der Waals surface area (Å²) in [7, 11) is 0. The first-order valence-corrected chi connectivity index (χ1v) is 7.08. The largest absolute Gasteiger partial charge is 0.493 e. The second-order valence-corrected chi connectivity index (χ2v) is 4.73. The van der Waals surface area contributed by atoms with Gasteiger partial charge in [-0.05, 0) is 37.3 Å². The fraction of sp³-hybridized carbons (Fsp3) is 0.118. The molecule has 0 amide bonds. The monoisotopic (exact) mass is 310 g/mol. The number of hydrogen-bond acceptors (Lipinski definition) is 5. The van der Waals surface area contributed by atoms with Gasteiger partial charge in [-0.1, -0.05) is 18.2 Å². The third kappa shape index (κ3) is 3.06. The van der Waals surface area contributed by atoms with Crippen molar-refractivity contribution in [2.24, 2.45) is 0 Å². The lowest BCUT2D eigenvalue weighted by Crippen LogP contribution is -1.95. The molecule has 3 rings (SSSR count). The van der Waals surface area contributed by atoms with Gasteiger partial charge in [0.2, 0.25) is 5.89 Å². The van der Waals surface area contributed by atoms with Gasteiger partial charge in [-0.15, -0.1) is 10.2 Å². The van der Waals surface area contributed by atoms with E-state index in [4.69, 9.17) is 14.3 Å². The molecule has 0 bridgehead atoms. The zero-order valence-electron chi connectivity index (χ0n) is 12.4. The summed E-state index contributed by atoms with van der Waals surface area (Å²) in [5, 5.41) is 17.1. The molecule has 0 saturated carbocycles. The topological polar surface area (TPSA) is 85.5 Å². The number of carboxylic acid groups (broad SMARTS) is 1. The molecule has 0 unspecified atom stereocenters. The van der Waals surface area contributed by atoms with Crippen molar-refractivity contribution >= 4 is 5.97 Å². The fourth-order valence-corrected chi connectivity index (χ4v) is 2.16. The summed E-state index contributed by atoms with van der Waals surface area (Å²) in [4.78, 5) is 11.0. The van der Waals surface area contributed by atoms with E-state index < -0.39 is 5.97 Å². The molecule has 23 heavy (non-hydrogen) atoms. The van der Waals surface area contributed by atoms with Crippen LogP contribution >= 0.6 is 0 Å². The molecule has 0 radical (unpaired) electrons. The average Bonchev–Trinajstić information content (AvgIpc) is 3.06. The Kier molecular flexibility index (Phi) is 4.05. The van der Waals surface area contributed by atoms with Crippen LogP contribution in [0.15, 0.2) is 52.9 Å². The van der Waals surface area contributed by atoms with Crippen molar-refractivity contribution in [3.63, 3.8) is 0 Å². The van der Waals surface area contributed by atoms with Crippen LogP contribution in [-0.2, 0) is 0 Å². The molecule has 0 saturated heterocycles. The van der Waals surface area contributed by atoms with E-state index in [1.807, 2.05) is 31.2 Å². The van der Waals surface area contributed by atoms with Crippen molar-refractivity contribution in [1.29, 1.82) is 0 Å². The molecule has 116 valence electrons. The molecule has 0 fully saturated rings. The van der Waals surface area contributed by atoms with Crippen LogP contribution in [-0.4, -0.2) is 27.9 Å². The maximum absolute atomic E-state index is 11.0. The first-order chi connectivity index (χ1) is 11.2. The predicted octanol–water partition coefficient (Wildman–Crippen LogP) is 3.50. The molecule has 6 heteroatoms. The summed E-state index contributed by atoms with van der Waals surface area (Å²) in [6.07, 6.45) is 0. The summed E-state index contributed by atoms with van der Waals surface area (Å²) in [6.45, 7) is 2.42. The van der Waals surface area contributed by atoms with Gasteiger partial charge in [-0.3, -0.25) is 0 Å². The lowest BCUT2D eigenvalue weighted by atomic mass is 10.1. The van der Waals surface area contributed by atoms with E-state index in [1.54, 1.807) is 12.1 Å². The molecule has 2 aromatic carbocycles. The number of hydrogen-bond donors (Lipinski definition) is 1. The van der Waals surface area contributed by atoms with Crippen molar-refractivity contribution < 1.29 is 19.1 Å². The highest BCUT2D eigenvalue weighted by atomic mass is 16.5. The van der Waals surface area contributed by atoms with Gasteiger partial charge >= 0.3 is 5.97 Å². The number of aromatic carboxylic acids is 1. The Hall–Kier alpha value is -3.15. The molecule has 0 aliphatic heterocycles. The number of benzene rings is 2. The number of nitrogens with zero attached hydrogens (tertiary/aromatic N) is 2. The molecular weight excluding hydrogens is 296 g/mol. The summed E-state index contributed by atoms with van der Waals surface area (Å²) < 4.78 is 11.2. The molecule has 1 heterocycles. The van der Waals surface area contributed by atoms with Crippen LogP contribution in [0, 0.1) is 0 Å². The minimum absolute atomic E-state index is 0.164. The van der Waals surface area contributed by atoms with Crippen molar-refractivity contribution in [2.75, 3.05) is 6.61 Å². The van der Waals surface area contributed by atoms with Gasteiger partial charge in [-0.25, -0.2) is 4.79 Å². The minimum atomic E-state index is -1.01. The molecule has 0 atom stereocenters. The lowest BCUT2D eigenvalue weighted by Gasteiger charge is -2.06. The molecule has 0 aliphatic rings. The quantitative estimate of drug-likeness (QED) is 0.776. The molecule has 1 N–H and O–H groups in total. The number of rotatable bonds is 5. The van der Waals surface area contributed by atoms with Gasteiger partial charge < -0.3 is 14.3 Å². The van der Waals surface area contributed by atoms with Gasteiger partial charge in [0.15, 0.2) is 0 Å². The normalized spacial score (nSPS) is 10.5. The maximum atomic E-state index is 11.0. The van der Waals surface area contributed by atoms with Crippen molar-refractivity contribution in [2.45, 2.75) is 6.92 Å². The van der Waals surface area contributed by atoms with Crippen LogP contribution in [0.2, 0.25) is 0 Å². The molecule has 3 aromatic rings. The van der Waals surface area contributed by atoms with Crippen LogP contribution < -0.4 is 4.74 Å². The summed E-state index contributed by atoms with van der Waals surface area (Å²) in [5.41, 5.74) is 1.41. The Balaban J connectivity index is 1.98. The van der Waals surface area contributed by atoms with Crippen LogP contribution in [0.5, 0.6) is 5.75 Å². The van der Waals surface area contributed by atoms with E-state index in [1.165, 1.54) is 12.1 Å². The van der Waals surface area contributed by atoms with Crippen molar-refractivity contribution in [3.05, 3.63) is 54.1 Å². The zero-order valence-corrected chi connectivity index (χ0v) is 12.4. The predicted molar refractivity (Wildman–Crippen MR) is 83.3 cm³/mol. The summed E-state index contributed by atoms with van der Waals surface area (Å²) >= 11 is 0. The van der Waals surface area contributed by atoms with Crippen molar-refractivity contribution in [3.8, 4) is 28.7 Å². The third-order valence-electron chi connectivity index (χ3n) is 3.20. The Morgan fingerprint density at radius 3 is 2.70 bits per heavy atom. The van der Waals surface area contributed by atoms with Crippen molar-refractivity contribution in [1.82, 2.24) is 10.2 Å². The van der Waals surface area contributed by atoms with Crippen LogP contribution in [0.4, 0.5) is 0 Å². The Labute approximate surface area is 132 Å². The van der Waals surface area contributed by atoms with Crippen LogP contribution in [0.1, 0.15) is 17.3 Å². The molecule has 6 nitrogen and oxygen atoms in total. The van der Waals surface area contributed by atoms with Crippen LogP contribution in [0.3, 0.4) is 0 Å². The second kappa shape index (κ2) is 6.31. The Morgan fingerprint density at radius 1 is 1.13 bits per heavy atom. The highest BCUT2D eigenvalue weighted by molar-refractivity contribution is 5.89. The highest BCUT2D eigenvalue weighted by Gasteiger charge is 2.15. The number of aromatic nitrogens is 2. The number of carbonyl (C=O) groups is 1. The molecule has 0 aliphatic carbocycles. The number of ether oxygens (including phenoxy) is 1. The van der Waals surface area contributed by atoms with E-state index in [9.17, 15) is 4.79 Å². The SMILES string of the molecule is CCOc1ccccc1-c1nnc(-c2cccc(C(=O)O)c2)o1. The Bertz CT molecular complexity index is 842. The molecule has 0 spiro atoms. The van der Waals surface area contributed by atoms with E-state index in [2.05, 4.69) is 10.2 Å². The fourth-order valence-electron chi connectivity index (χ4n) is 2.16. The molecule has 1 aromatic heterocycles. The van der Waals surface area contributed by atoms with Gasteiger partial charge in [0.05, 0.1) is 17.7 Å². The number of carboxylic acids is 1. The first kappa shape index (κ1) is 14.8. The number of para-hydroxylation sites is 1. The van der Waals surface area contributed by atoms with Crippen LogP contribution in [0.25, 0.3) is 22.9 Å². The van der Waals surface area contributed by atoms with E-state index in [0.717, 1.165) is 0 Å². The van der Waals surface area contributed by atoms with E-state index in [0.29, 0.717) is 29.4 Å². The Morgan fingerprint density at radius 2 is 1.91 bits per heavy atom. The average molecular weight is 310 g/mol. The first-order valence-electron chi connectivity index (χ1n) is 7.08. The minimum Gasteiger partial charge on any atom is -0.493 e.